The van der Waals surface area contributed by atoms with E-state index in [1.54, 1.807) is 30.3 Å². The lowest BCUT2D eigenvalue weighted by molar-refractivity contribution is 0.281. The van der Waals surface area contributed by atoms with Crippen LogP contribution in [0.3, 0.4) is 0 Å². The molecule has 2 aromatic rings. The van der Waals surface area contributed by atoms with E-state index in [2.05, 4.69) is 0 Å². The average molecular weight is 285 g/mol. The summed E-state index contributed by atoms with van der Waals surface area (Å²) >= 11 is 11.7. The van der Waals surface area contributed by atoms with Crippen LogP contribution in [0, 0.1) is 0 Å². The number of halogens is 2. The van der Waals surface area contributed by atoms with E-state index in [1.807, 2.05) is 0 Å². The van der Waals surface area contributed by atoms with E-state index < -0.39 is 0 Å². The molecule has 0 saturated heterocycles. The van der Waals surface area contributed by atoms with Gasteiger partial charge < -0.3 is 14.9 Å². The minimum absolute atomic E-state index is 0.0624. The largest absolute Gasteiger partial charge is 0.504 e. The first-order valence-corrected chi connectivity index (χ1v) is 5.91. The number of ether oxygens (including phenoxy) is 1. The number of rotatable bonds is 3. The van der Waals surface area contributed by atoms with Crippen LogP contribution < -0.4 is 4.74 Å². The Morgan fingerprint density at radius 2 is 1.72 bits per heavy atom. The fourth-order valence-corrected chi connectivity index (χ4v) is 1.87. The maximum absolute atomic E-state index is 9.72. The minimum atomic E-state index is -0.143. The molecule has 0 bridgehead atoms. The lowest BCUT2D eigenvalue weighted by Crippen LogP contribution is -1.88. The third-order valence-electron chi connectivity index (χ3n) is 2.32. The maximum atomic E-state index is 9.72. The van der Waals surface area contributed by atoms with E-state index in [0.29, 0.717) is 21.4 Å². The molecule has 0 unspecified atom stereocenters. The Kier molecular flexibility index (Phi) is 3.97. The molecule has 0 aliphatic carbocycles. The van der Waals surface area contributed by atoms with Gasteiger partial charge in [-0.25, -0.2) is 0 Å². The molecule has 0 spiro atoms. The van der Waals surface area contributed by atoms with Crippen LogP contribution in [0.2, 0.25) is 10.0 Å². The highest BCUT2D eigenvalue weighted by atomic mass is 35.5. The molecular weight excluding hydrogens is 275 g/mol. The Morgan fingerprint density at radius 1 is 1.00 bits per heavy atom. The Labute approximate surface area is 114 Å². The molecule has 0 saturated carbocycles. The lowest BCUT2D eigenvalue weighted by atomic mass is 10.2. The van der Waals surface area contributed by atoms with Gasteiger partial charge in [0, 0.05) is 5.02 Å². The van der Waals surface area contributed by atoms with Gasteiger partial charge in [0.15, 0.2) is 11.5 Å². The quantitative estimate of drug-likeness (QED) is 0.896. The van der Waals surface area contributed by atoms with Crippen molar-refractivity contribution in [3.8, 4) is 17.2 Å². The van der Waals surface area contributed by atoms with Crippen molar-refractivity contribution in [3.63, 3.8) is 0 Å². The first-order valence-electron chi connectivity index (χ1n) is 5.16. The van der Waals surface area contributed by atoms with Crippen LogP contribution >= 0.6 is 23.2 Å². The van der Waals surface area contributed by atoms with E-state index in [9.17, 15) is 5.11 Å². The first-order chi connectivity index (χ1) is 8.60. The summed E-state index contributed by atoms with van der Waals surface area (Å²) in [5.41, 5.74) is 0.599. The monoisotopic (exact) mass is 284 g/mol. The molecule has 0 aromatic heterocycles. The number of aliphatic hydroxyl groups excluding tert-OH is 1. The maximum Gasteiger partial charge on any atom is 0.169 e. The van der Waals surface area contributed by atoms with Gasteiger partial charge in [0.2, 0.25) is 0 Å². The number of phenols is 1. The van der Waals surface area contributed by atoms with E-state index >= 15 is 0 Å². The zero-order valence-corrected chi connectivity index (χ0v) is 10.7. The molecule has 0 heterocycles. The molecule has 0 radical (unpaired) electrons. The van der Waals surface area contributed by atoms with Crippen LogP contribution in [0.4, 0.5) is 0 Å². The number of hydrogen-bond donors (Lipinski definition) is 2. The van der Waals surface area contributed by atoms with Gasteiger partial charge in [0.05, 0.1) is 11.6 Å². The van der Waals surface area contributed by atoms with Gasteiger partial charge in [0.25, 0.3) is 0 Å². The van der Waals surface area contributed by atoms with Crippen molar-refractivity contribution in [2.24, 2.45) is 0 Å². The van der Waals surface area contributed by atoms with Crippen LogP contribution in [0.5, 0.6) is 17.2 Å². The number of benzene rings is 2. The smallest absolute Gasteiger partial charge is 0.169 e. The fraction of sp³-hybridized carbons (Fsp3) is 0.0769. The second-order valence-electron chi connectivity index (χ2n) is 3.64. The van der Waals surface area contributed by atoms with E-state index in [4.69, 9.17) is 33.0 Å². The Bertz CT molecular complexity index is 570. The van der Waals surface area contributed by atoms with Gasteiger partial charge in [-0.2, -0.15) is 0 Å². The molecule has 18 heavy (non-hydrogen) atoms. The molecule has 2 aromatic carbocycles. The molecule has 0 fully saturated rings. The predicted octanol–water partition coefficient (Wildman–Crippen LogP) is 3.98. The Balaban J connectivity index is 2.28. The summed E-state index contributed by atoms with van der Waals surface area (Å²) < 4.78 is 5.47. The summed E-state index contributed by atoms with van der Waals surface area (Å²) in [5, 5.41) is 19.5. The highest BCUT2D eigenvalue weighted by molar-refractivity contribution is 6.35. The molecule has 94 valence electrons. The van der Waals surface area contributed by atoms with Crippen molar-refractivity contribution >= 4 is 23.2 Å². The molecule has 3 nitrogen and oxygen atoms in total. The van der Waals surface area contributed by atoms with Gasteiger partial charge in [-0.3, -0.25) is 0 Å². The molecule has 5 heteroatoms. The van der Waals surface area contributed by atoms with Gasteiger partial charge >= 0.3 is 0 Å². The fourth-order valence-electron chi connectivity index (χ4n) is 1.42. The Hall–Kier alpha value is -1.42. The number of hydrogen-bond acceptors (Lipinski definition) is 3. The number of phenolic OH excluding ortho intramolecular Hbond substituents is 1. The zero-order valence-electron chi connectivity index (χ0n) is 9.23. The van der Waals surface area contributed by atoms with Gasteiger partial charge in [0.1, 0.15) is 5.75 Å². The molecule has 2 N–H and O–H groups in total. The predicted molar refractivity (Wildman–Crippen MR) is 70.6 cm³/mol. The van der Waals surface area contributed by atoms with E-state index in [0.717, 1.165) is 0 Å². The van der Waals surface area contributed by atoms with Crippen LogP contribution in [0.15, 0.2) is 36.4 Å². The summed E-state index contributed by atoms with van der Waals surface area (Å²) in [4.78, 5) is 0. The van der Waals surface area contributed by atoms with Crippen LogP contribution in [0.25, 0.3) is 0 Å². The van der Waals surface area contributed by atoms with Crippen LogP contribution in [-0.2, 0) is 6.61 Å². The van der Waals surface area contributed by atoms with Crippen LogP contribution in [0.1, 0.15) is 5.56 Å². The molecule has 0 amide bonds. The van der Waals surface area contributed by atoms with Crippen molar-refractivity contribution in [1.29, 1.82) is 0 Å². The van der Waals surface area contributed by atoms with Crippen LogP contribution in [-0.4, -0.2) is 10.2 Å². The highest BCUT2D eigenvalue weighted by Gasteiger charge is 2.08. The Morgan fingerprint density at radius 3 is 2.33 bits per heavy atom. The van der Waals surface area contributed by atoms with Gasteiger partial charge in [-0.05, 0) is 35.9 Å². The topological polar surface area (TPSA) is 49.7 Å². The lowest BCUT2D eigenvalue weighted by Gasteiger charge is -2.10. The average Bonchev–Trinajstić information content (AvgIpc) is 2.34. The van der Waals surface area contributed by atoms with Gasteiger partial charge in [-0.15, -0.1) is 0 Å². The van der Waals surface area contributed by atoms with Gasteiger partial charge in [-0.1, -0.05) is 29.3 Å². The molecule has 2 rings (SSSR count). The second kappa shape index (κ2) is 5.48. The number of aliphatic hydroxyl groups is 1. The summed E-state index contributed by atoms with van der Waals surface area (Å²) in [6, 6.07) is 9.45. The molecule has 0 aliphatic rings. The molecular formula is C13H10Cl2O3. The van der Waals surface area contributed by atoms with Crippen molar-refractivity contribution < 1.29 is 14.9 Å². The van der Waals surface area contributed by atoms with Crippen molar-refractivity contribution in [1.82, 2.24) is 0 Å². The van der Waals surface area contributed by atoms with Crippen molar-refractivity contribution in [3.05, 3.63) is 52.0 Å². The second-order valence-corrected chi connectivity index (χ2v) is 4.48. The normalized spacial score (nSPS) is 10.4. The summed E-state index contributed by atoms with van der Waals surface area (Å²) in [5.74, 6) is 0.595. The van der Waals surface area contributed by atoms with E-state index in [1.165, 1.54) is 6.07 Å². The third-order valence-corrected chi connectivity index (χ3v) is 2.85. The third kappa shape index (κ3) is 2.88. The molecule has 0 aliphatic heterocycles. The SMILES string of the molecule is OCc1ccc(Oc2ccc(Cl)cc2Cl)c(O)c1. The van der Waals surface area contributed by atoms with E-state index in [-0.39, 0.29) is 18.1 Å². The van der Waals surface area contributed by atoms with Crippen molar-refractivity contribution in [2.45, 2.75) is 6.61 Å². The standard InChI is InChI=1S/C13H10Cl2O3/c14-9-2-4-12(10(15)6-9)18-13-3-1-8(7-16)5-11(13)17/h1-6,16-17H,7H2. The minimum Gasteiger partial charge on any atom is -0.504 e. The molecule has 0 atom stereocenters. The summed E-state index contributed by atoms with van der Waals surface area (Å²) in [7, 11) is 0. The first kappa shape index (κ1) is 13.0. The summed E-state index contributed by atoms with van der Waals surface area (Å²) in [6.45, 7) is -0.143. The van der Waals surface area contributed by atoms with Crippen molar-refractivity contribution in [2.75, 3.05) is 0 Å². The highest BCUT2D eigenvalue weighted by Crippen LogP contribution is 2.35. The number of aromatic hydroxyl groups is 1. The summed E-state index contributed by atoms with van der Waals surface area (Å²) in [6.07, 6.45) is 0. The zero-order chi connectivity index (χ0) is 13.1.